The summed E-state index contributed by atoms with van der Waals surface area (Å²) < 4.78 is 18.9. The molecule has 5 heteroatoms. The molecule has 0 radical (unpaired) electrons. The molecule has 108 valence electrons. The minimum Gasteiger partial charge on any atom is -0.371 e. The molecule has 2 heterocycles. The van der Waals surface area contributed by atoms with E-state index in [0.29, 0.717) is 13.2 Å². The quantitative estimate of drug-likeness (QED) is 0.762. The van der Waals surface area contributed by atoms with Gasteiger partial charge in [0, 0.05) is 32.2 Å². The standard InChI is InChI=1S/C14H24N2O3/c1-3-17-12(2)14-15-7-8-16(14)9-11-19-13-6-4-5-10-18-13/h7-8,12-13H,3-6,9-11H2,1-2H3. The Labute approximate surface area is 114 Å². The topological polar surface area (TPSA) is 45.5 Å². The van der Waals surface area contributed by atoms with Crippen LogP contribution in [0, 0.1) is 0 Å². The van der Waals surface area contributed by atoms with Gasteiger partial charge in [-0.3, -0.25) is 0 Å². The van der Waals surface area contributed by atoms with E-state index in [1.54, 1.807) is 0 Å². The second-order valence-corrected chi connectivity index (χ2v) is 4.74. The molecule has 2 atom stereocenters. The molecule has 1 aliphatic heterocycles. The molecule has 0 bridgehead atoms. The zero-order chi connectivity index (χ0) is 13.5. The Morgan fingerprint density at radius 1 is 1.53 bits per heavy atom. The van der Waals surface area contributed by atoms with Crippen LogP contribution in [-0.2, 0) is 20.8 Å². The maximum Gasteiger partial charge on any atom is 0.157 e. The summed E-state index contributed by atoms with van der Waals surface area (Å²) in [6, 6.07) is 0. The molecular formula is C14H24N2O3. The lowest BCUT2D eigenvalue weighted by molar-refractivity contribution is -0.163. The summed E-state index contributed by atoms with van der Waals surface area (Å²) in [5, 5.41) is 0. The maximum atomic E-state index is 5.74. The molecule has 5 nitrogen and oxygen atoms in total. The van der Waals surface area contributed by atoms with E-state index in [0.717, 1.165) is 31.8 Å². The minimum absolute atomic E-state index is 0.0194. The van der Waals surface area contributed by atoms with Gasteiger partial charge >= 0.3 is 0 Å². The fraction of sp³-hybridized carbons (Fsp3) is 0.786. The van der Waals surface area contributed by atoms with Crippen molar-refractivity contribution in [2.45, 2.75) is 52.0 Å². The van der Waals surface area contributed by atoms with Crippen molar-refractivity contribution in [2.24, 2.45) is 0 Å². The summed E-state index contributed by atoms with van der Waals surface area (Å²) in [6.45, 7) is 6.96. The van der Waals surface area contributed by atoms with Crippen molar-refractivity contribution >= 4 is 0 Å². The van der Waals surface area contributed by atoms with Gasteiger partial charge in [-0.15, -0.1) is 0 Å². The van der Waals surface area contributed by atoms with Crippen LogP contribution in [0.4, 0.5) is 0 Å². The van der Waals surface area contributed by atoms with Crippen LogP contribution in [0.5, 0.6) is 0 Å². The lowest BCUT2D eigenvalue weighted by Crippen LogP contribution is -2.24. The van der Waals surface area contributed by atoms with E-state index in [1.165, 1.54) is 6.42 Å². The lowest BCUT2D eigenvalue weighted by Gasteiger charge is -2.23. The smallest absolute Gasteiger partial charge is 0.157 e. The summed E-state index contributed by atoms with van der Waals surface area (Å²) in [5.41, 5.74) is 0. The van der Waals surface area contributed by atoms with Crippen LogP contribution < -0.4 is 0 Å². The number of rotatable bonds is 7. The first-order chi connectivity index (χ1) is 9.31. The molecule has 0 aromatic carbocycles. The Morgan fingerprint density at radius 3 is 3.16 bits per heavy atom. The number of nitrogens with zero attached hydrogens (tertiary/aromatic N) is 2. The minimum atomic E-state index is -0.0231. The summed E-state index contributed by atoms with van der Waals surface area (Å²) >= 11 is 0. The van der Waals surface area contributed by atoms with Gasteiger partial charge in [0.05, 0.1) is 6.61 Å². The zero-order valence-electron chi connectivity index (χ0n) is 11.9. The van der Waals surface area contributed by atoms with E-state index in [2.05, 4.69) is 9.55 Å². The van der Waals surface area contributed by atoms with Crippen LogP contribution in [0.15, 0.2) is 12.4 Å². The van der Waals surface area contributed by atoms with E-state index in [4.69, 9.17) is 14.2 Å². The van der Waals surface area contributed by atoms with Gasteiger partial charge in [-0.2, -0.15) is 0 Å². The first kappa shape index (κ1) is 14.5. The fourth-order valence-electron chi connectivity index (χ4n) is 2.32. The van der Waals surface area contributed by atoms with E-state index >= 15 is 0 Å². The van der Waals surface area contributed by atoms with Gasteiger partial charge in [0.25, 0.3) is 0 Å². The monoisotopic (exact) mass is 268 g/mol. The van der Waals surface area contributed by atoms with Crippen molar-refractivity contribution in [2.75, 3.05) is 19.8 Å². The third kappa shape index (κ3) is 4.30. The number of hydrogen-bond donors (Lipinski definition) is 0. The van der Waals surface area contributed by atoms with E-state index < -0.39 is 0 Å². The highest BCUT2D eigenvalue weighted by atomic mass is 16.7. The lowest BCUT2D eigenvalue weighted by atomic mass is 10.2. The average Bonchev–Trinajstić information content (AvgIpc) is 2.89. The molecular weight excluding hydrogens is 244 g/mol. The summed E-state index contributed by atoms with van der Waals surface area (Å²) in [7, 11) is 0. The van der Waals surface area contributed by atoms with Gasteiger partial charge in [0.1, 0.15) is 11.9 Å². The van der Waals surface area contributed by atoms with Crippen LogP contribution in [0.3, 0.4) is 0 Å². The summed E-state index contributed by atoms with van der Waals surface area (Å²) in [6.07, 6.45) is 7.13. The van der Waals surface area contributed by atoms with Gasteiger partial charge in [0.15, 0.2) is 6.29 Å². The molecule has 19 heavy (non-hydrogen) atoms. The number of imidazole rings is 1. The predicted molar refractivity (Wildman–Crippen MR) is 71.8 cm³/mol. The Hall–Kier alpha value is -0.910. The molecule has 0 aliphatic carbocycles. The van der Waals surface area contributed by atoms with Gasteiger partial charge in [0.2, 0.25) is 0 Å². The van der Waals surface area contributed by atoms with Gasteiger partial charge in [-0.25, -0.2) is 4.98 Å². The second-order valence-electron chi connectivity index (χ2n) is 4.74. The van der Waals surface area contributed by atoms with Crippen molar-refractivity contribution in [3.05, 3.63) is 18.2 Å². The van der Waals surface area contributed by atoms with Crippen LogP contribution in [0.1, 0.15) is 45.0 Å². The van der Waals surface area contributed by atoms with Crippen molar-refractivity contribution in [1.82, 2.24) is 9.55 Å². The largest absolute Gasteiger partial charge is 0.371 e. The van der Waals surface area contributed by atoms with Gasteiger partial charge < -0.3 is 18.8 Å². The van der Waals surface area contributed by atoms with Crippen LogP contribution in [0.2, 0.25) is 0 Å². The van der Waals surface area contributed by atoms with E-state index in [9.17, 15) is 0 Å². The molecule has 2 unspecified atom stereocenters. The Balaban J connectivity index is 1.77. The highest BCUT2D eigenvalue weighted by Gasteiger charge is 2.15. The highest BCUT2D eigenvalue weighted by Crippen LogP contribution is 2.16. The maximum absolute atomic E-state index is 5.74. The third-order valence-electron chi connectivity index (χ3n) is 3.30. The van der Waals surface area contributed by atoms with E-state index in [-0.39, 0.29) is 12.4 Å². The Morgan fingerprint density at radius 2 is 2.42 bits per heavy atom. The predicted octanol–water partition coefficient (Wildman–Crippen LogP) is 2.52. The molecule has 2 rings (SSSR count). The SMILES string of the molecule is CCOC(C)c1nccn1CCOC1CCCCO1. The summed E-state index contributed by atoms with van der Waals surface area (Å²) in [5.74, 6) is 0.954. The summed E-state index contributed by atoms with van der Waals surface area (Å²) in [4.78, 5) is 4.35. The van der Waals surface area contributed by atoms with Crippen molar-refractivity contribution < 1.29 is 14.2 Å². The molecule has 1 saturated heterocycles. The van der Waals surface area contributed by atoms with Gasteiger partial charge in [-0.05, 0) is 33.1 Å². The zero-order valence-corrected chi connectivity index (χ0v) is 11.9. The molecule has 1 aromatic rings. The number of ether oxygens (including phenoxy) is 3. The molecule has 0 saturated carbocycles. The van der Waals surface area contributed by atoms with Crippen molar-refractivity contribution in [1.29, 1.82) is 0 Å². The van der Waals surface area contributed by atoms with Crippen molar-refractivity contribution in [3.63, 3.8) is 0 Å². The molecule has 1 fully saturated rings. The average molecular weight is 268 g/mol. The normalized spacial score (nSPS) is 21.5. The molecule has 1 aromatic heterocycles. The first-order valence-corrected chi connectivity index (χ1v) is 7.17. The molecule has 0 N–H and O–H groups in total. The van der Waals surface area contributed by atoms with Crippen molar-refractivity contribution in [3.8, 4) is 0 Å². The molecule has 0 amide bonds. The molecule has 0 spiro atoms. The van der Waals surface area contributed by atoms with Gasteiger partial charge in [-0.1, -0.05) is 0 Å². The van der Waals surface area contributed by atoms with Crippen LogP contribution in [0.25, 0.3) is 0 Å². The van der Waals surface area contributed by atoms with E-state index in [1.807, 2.05) is 26.2 Å². The fourth-order valence-corrected chi connectivity index (χ4v) is 2.32. The molecule has 1 aliphatic rings. The highest BCUT2D eigenvalue weighted by molar-refractivity contribution is 4.95. The number of aromatic nitrogens is 2. The Kier molecular flexibility index (Phi) is 5.82. The third-order valence-corrected chi connectivity index (χ3v) is 3.30. The first-order valence-electron chi connectivity index (χ1n) is 7.17. The second kappa shape index (κ2) is 7.62. The van der Waals surface area contributed by atoms with Crippen LogP contribution in [-0.4, -0.2) is 35.7 Å². The Bertz CT molecular complexity index is 361. The number of hydrogen-bond acceptors (Lipinski definition) is 4. The van der Waals surface area contributed by atoms with Crippen LogP contribution >= 0.6 is 0 Å².